The van der Waals surface area contributed by atoms with Crippen LogP contribution in [0.4, 0.5) is 0 Å². The predicted molar refractivity (Wildman–Crippen MR) is 111 cm³/mol. The molecule has 0 aliphatic carbocycles. The highest BCUT2D eigenvalue weighted by molar-refractivity contribution is 9.10. The Morgan fingerprint density at radius 1 is 1.12 bits per heavy atom. The van der Waals surface area contributed by atoms with Crippen LogP contribution in [0, 0.1) is 11.3 Å². The largest absolute Gasteiger partial charge is 0.457 e. The van der Waals surface area contributed by atoms with Crippen LogP contribution in [0.2, 0.25) is 0 Å². The molecule has 3 aromatic heterocycles. The van der Waals surface area contributed by atoms with E-state index in [1.807, 2.05) is 59.3 Å². The second-order valence-corrected chi connectivity index (χ2v) is 8.12. The van der Waals surface area contributed by atoms with E-state index >= 15 is 0 Å². The SMILES string of the molecule is N#C/C(=C\c1ccc(-c2ccc(Br)cc2)o1)c1nc(-c2cccs2)cs1. The average Bonchev–Trinajstić information content (AvgIpc) is 3.40. The molecule has 0 atom stereocenters. The standard InChI is InChI=1S/C20H11BrN2OS2/c21-15-5-3-13(4-6-15)18-8-7-16(24-18)10-14(11-22)20-23-17(12-26-20)19-2-1-9-25-19/h1-10,12H/b14-10+. The van der Waals surface area contributed by atoms with E-state index < -0.39 is 0 Å². The number of rotatable bonds is 4. The van der Waals surface area contributed by atoms with Gasteiger partial charge in [0.15, 0.2) is 0 Å². The minimum Gasteiger partial charge on any atom is -0.457 e. The molecule has 0 bridgehead atoms. The normalized spacial score (nSPS) is 11.5. The summed E-state index contributed by atoms with van der Waals surface area (Å²) in [6.45, 7) is 0. The number of thiazole rings is 1. The Morgan fingerprint density at radius 2 is 1.96 bits per heavy atom. The maximum Gasteiger partial charge on any atom is 0.134 e. The predicted octanol–water partition coefficient (Wildman–Crippen LogP) is 6.96. The number of halogens is 1. The summed E-state index contributed by atoms with van der Waals surface area (Å²) in [6, 6.07) is 17.9. The Kier molecular flexibility index (Phi) is 4.85. The first kappa shape index (κ1) is 17.0. The Balaban J connectivity index is 1.62. The van der Waals surface area contributed by atoms with Crippen molar-refractivity contribution in [2.24, 2.45) is 0 Å². The zero-order valence-electron chi connectivity index (χ0n) is 13.3. The minimum absolute atomic E-state index is 0.495. The molecule has 3 nitrogen and oxygen atoms in total. The van der Waals surface area contributed by atoms with Gasteiger partial charge in [-0.1, -0.05) is 34.1 Å². The molecule has 1 aromatic carbocycles. The van der Waals surface area contributed by atoms with Crippen molar-refractivity contribution in [3.8, 4) is 28.0 Å². The molecule has 126 valence electrons. The first-order valence-electron chi connectivity index (χ1n) is 7.70. The fourth-order valence-corrected chi connectivity index (χ4v) is 4.23. The topological polar surface area (TPSA) is 49.8 Å². The zero-order chi connectivity index (χ0) is 17.9. The molecular weight excluding hydrogens is 428 g/mol. The molecule has 0 aliphatic rings. The van der Waals surface area contributed by atoms with E-state index in [0.717, 1.165) is 26.4 Å². The fourth-order valence-electron chi connectivity index (χ4n) is 2.42. The third-order valence-corrected chi connectivity index (χ3v) is 5.97. The lowest BCUT2D eigenvalue weighted by Gasteiger charge is -1.97. The zero-order valence-corrected chi connectivity index (χ0v) is 16.6. The molecule has 4 rings (SSSR count). The Labute approximate surface area is 167 Å². The molecule has 0 N–H and O–H groups in total. The van der Waals surface area contributed by atoms with Gasteiger partial charge in [-0.15, -0.1) is 22.7 Å². The van der Waals surface area contributed by atoms with E-state index in [1.165, 1.54) is 11.3 Å². The molecule has 0 spiro atoms. The van der Waals surface area contributed by atoms with Crippen LogP contribution < -0.4 is 0 Å². The van der Waals surface area contributed by atoms with Crippen molar-refractivity contribution in [1.29, 1.82) is 5.26 Å². The van der Waals surface area contributed by atoms with E-state index in [1.54, 1.807) is 17.4 Å². The molecule has 0 saturated heterocycles. The molecule has 0 radical (unpaired) electrons. The second-order valence-electron chi connectivity index (χ2n) is 5.39. The highest BCUT2D eigenvalue weighted by Gasteiger charge is 2.11. The number of aromatic nitrogens is 1. The van der Waals surface area contributed by atoms with Crippen LogP contribution in [0.25, 0.3) is 33.5 Å². The van der Waals surface area contributed by atoms with Gasteiger partial charge < -0.3 is 4.42 Å². The highest BCUT2D eigenvalue weighted by Crippen LogP contribution is 2.31. The average molecular weight is 439 g/mol. The molecule has 0 fully saturated rings. The van der Waals surface area contributed by atoms with Crippen molar-refractivity contribution >= 4 is 50.3 Å². The molecule has 0 amide bonds. The lowest BCUT2D eigenvalue weighted by atomic mass is 10.2. The van der Waals surface area contributed by atoms with E-state index in [2.05, 4.69) is 27.0 Å². The lowest BCUT2D eigenvalue weighted by Crippen LogP contribution is -1.80. The van der Waals surface area contributed by atoms with Crippen molar-refractivity contribution in [2.45, 2.75) is 0 Å². The van der Waals surface area contributed by atoms with Gasteiger partial charge in [-0.2, -0.15) is 5.26 Å². The van der Waals surface area contributed by atoms with Gasteiger partial charge in [-0.3, -0.25) is 0 Å². The minimum atomic E-state index is 0.495. The number of thiophene rings is 1. The fraction of sp³-hybridized carbons (Fsp3) is 0. The maximum atomic E-state index is 9.54. The van der Waals surface area contributed by atoms with Crippen LogP contribution in [0.5, 0.6) is 0 Å². The molecule has 3 heterocycles. The Hall–Kier alpha value is -2.46. The van der Waals surface area contributed by atoms with Crippen LogP contribution in [-0.2, 0) is 0 Å². The quantitative estimate of drug-likeness (QED) is 0.323. The van der Waals surface area contributed by atoms with Crippen molar-refractivity contribution in [3.05, 3.63) is 74.5 Å². The first-order valence-corrected chi connectivity index (χ1v) is 10.3. The van der Waals surface area contributed by atoms with Gasteiger partial charge in [0, 0.05) is 21.5 Å². The van der Waals surface area contributed by atoms with E-state index in [4.69, 9.17) is 4.42 Å². The Bertz CT molecular complexity index is 1100. The van der Waals surface area contributed by atoms with E-state index in [9.17, 15) is 5.26 Å². The van der Waals surface area contributed by atoms with Gasteiger partial charge in [0.1, 0.15) is 22.6 Å². The van der Waals surface area contributed by atoms with Gasteiger partial charge in [0.25, 0.3) is 0 Å². The molecule has 0 unspecified atom stereocenters. The summed E-state index contributed by atoms with van der Waals surface area (Å²) in [7, 11) is 0. The number of allylic oxidation sites excluding steroid dienone is 1. The van der Waals surface area contributed by atoms with Crippen LogP contribution in [0.1, 0.15) is 10.8 Å². The maximum absolute atomic E-state index is 9.54. The van der Waals surface area contributed by atoms with Gasteiger partial charge in [-0.25, -0.2) is 4.98 Å². The number of nitrogens with zero attached hydrogens (tertiary/aromatic N) is 2. The van der Waals surface area contributed by atoms with E-state index in [-0.39, 0.29) is 0 Å². The molecule has 26 heavy (non-hydrogen) atoms. The summed E-state index contributed by atoms with van der Waals surface area (Å²) in [5, 5.41) is 14.2. The molecule has 0 aliphatic heterocycles. The number of hydrogen-bond donors (Lipinski definition) is 0. The summed E-state index contributed by atoms with van der Waals surface area (Å²) in [5.41, 5.74) is 2.38. The lowest BCUT2D eigenvalue weighted by molar-refractivity contribution is 0.572. The van der Waals surface area contributed by atoms with Crippen molar-refractivity contribution in [2.75, 3.05) is 0 Å². The molecule has 4 aromatic rings. The summed E-state index contributed by atoms with van der Waals surface area (Å²) in [6.07, 6.45) is 1.74. The van der Waals surface area contributed by atoms with Crippen LogP contribution in [-0.4, -0.2) is 4.98 Å². The van der Waals surface area contributed by atoms with Gasteiger partial charge in [-0.05, 0) is 35.7 Å². The van der Waals surface area contributed by atoms with Crippen LogP contribution in [0.3, 0.4) is 0 Å². The van der Waals surface area contributed by atoms with Crippen molar-refractivity contribution in [1.82, 2.24) is 4.98 Å². The highest BCUT2D eigenvalue weighted by atomic mass is 79.9. The third-order valence-electron chi connectivity index (χ3n) is 3.67. The summed E-state index contributed by atoms with van der Waals surface area (Å²) in [5.74, 6) is 1.40. The molecule has 6 heteroatoms. The smallest absolute Gasteiger partial charge is 0.134 e. The first-order chi connectivity index (χ1) is 12.7. The Morgan fingerprint density at radius 3 is 2.69 bits per heavy atom. The number of benzene rings is 1. The molecule has 0 saturated carbocycles. The van der Waals surface area contributed by atoms with Gasteiger partial charge in [0.05, 0.1) is 16.1 Å². The summed E-state index contributed by atoms with van der Waals surface area (Å²) >= 11 is 6.52. The third kappa shape index (κ3) is 3.56. The van der Waals surface area contributed by atoms with Crippen LogP contribution >= 0.6 is 38.6 Å². The summed E-state index contributed by atoms with van der Waals surface area (Å²) in [4.78, 5) is 5.68. The van der Waals surface area contributed by atoms with Gasteiger partial charge >= 0.3 is 0 Å². The van der Waals surface area contributed by atoms with Crippen molar-refractivity contribution < 1.29 is 4.42 Å². The van der Waals surface area contributed by atoms with Crippen molar-refractivity contribution in [3.63, 3.8) is 0 Å². The van der Waals surface area contributed by atoms with Crippen LogP contribution in [0.15, 0.2) is 68.2 Å². The van der Waals surface area contributed by atoms with E-state index in [0.29, 0.717) is 16.3 Å². The summed E-state index contributed by atoms with van der Waals surface area (Å²) < 4.78 is 6.90. The van der Waals surface area contributed by atoms with Gasteiger partial charge in [0.2, 0.25) is 0 Å². The number of hydrogen-bond acceptors (Lipinski definition) is 5. The monoisotopic (exact) mass is 438 g/mol. The second kappa shape index (κ2) is 7.42. The number of nitriles is 1. The number of furan rings is 1. The molecular formula is C20H11BrN2OS2.